The number of aliphatic carboxylic acids is 1. The number of carboxylic acids is 1. The maximum absolute atomic E-state index is 11.6. The number of amides is 1. The average molecular weight is 280 g/mol. The highest BCUT2D eigenvalue weighted by molar-refractivity contribution is 7.89. The van der Waals surface area contributed by atoms with E-state index in [1.165, 1.54) is 6.92 Å². The largest absolute Gasteiger partial charge is 0.480 e. The zero-order valence-corrected chi connectivity index (χ0v) is 11.6. The van der Waals surface area contributed by atoms with E-state index in [1.807, 2.05) is 0 Å². The van der Waals surface area contributed by atoms with Gasteiger partial charge in [0.1, 0.15) is 6.04 Å². The molecule has 0 aliphatic rings. The van der Waals surface area contributed by atoms with Crippen molar-refractivity contribution in [1.82, 2.24) is 10.0 Å². The van der Waals surface area contributed by atoms with Gasteiger partial charge in [0.15, 0.2) is 0 Å². The Hall–Kier alpha value is -1.15. The smallest absolute Gasteiger partial charge is 0.326 e. The molecule has 0 bridgehead atoms. The lowest BCUT2D eigenvalue weighted by atomic mass is 10.2. The molecule has 0 rings (SSSR count). The number of nitrogens with one attached hydrogen (secondary N) is 2. The lowest BCUT2D eigenvalue weighted by Crippen LogP contribution is -2.50. The summed E-state index contributed by atoms with van der Waals surface area (Å²) >= 11 is 0. The van der Waals surface area contributed by atoms with Gasteiger partial charge in [-0.3, -0.25) is 4.79 Å². The summed E-state index contributed by atoms with van der Waals surface area (Å²) in [4.78, 5) is 22.3. The number of hydrogen-bond donors (Lipinski definition) is 3. The maximum Gasteiger partial charge on any atom is 0.326 e. The van der Waals surface area contributed by atoms with Crippen LogP contribution < -0.4 is 10.0 Å². The molecule has 0 aromatic rings. The molecule has 0 spiro atoms. The lowest BCUT2D eigenvalue weighted by Gasteiger charge is -2.17. The van der Waals surface area contributed by atoms with Crippen LogP contribution in [-0.2, 0) is 19.6 Å². The van der Waals surface area contributed by atoms with E-state index in [4.69, 9.17) is 5.11 Å². The first kappa shape index (κ1) is 16.9. The van der Waals surface area contributed by atoms with Crippen molar-refractivity contribution in [2.24, 2.45) is 0 Å². The normalized spacial score (nSPS) is 14.8. The van der Waals surface area contributed by atoms with Gasteiger partial charge in [0.2, 0.25) is 15.9 Å². The van der Waals surface area contributed by atoms with Crippen LogP contribution in [0.15, 0.2) is 0 Å². The minimum Gasteiger partial charge on any atom is -0.480 e. The zero-order valence-electron chi connectivity index (χ0n) is 10.8. The standard InChI is InChI=1S/C10H20N2O5S/c1-4-6-18(16,17)12-7(3)9(13)11-8(5-2)10(14)15/h7-8,12H,4-6H2,1-3H3,(H,11,13)(H,14,15). The van der Waals surface area contributed by atoms with Gasteiger partial charge in [-0.05, 0) is 19.8 Å². The van der Waals surface area contributed by atoms with Crippen LogP contribution in [0.3, 0.4) is 0 Å². The predicted molar refractivity (Wildman–Crippen MR) is 66.5 cm³/mol. The molecule has 2 unspecified atom stereocenters. The first-order valence-corrected chi connectivity index (χ1v) is 7.41. The number of carbonyl (C=O) groups is 2. The fraction of sp³-hybridized carbons (Fsp3) is 0.800. The summed E-state index contributed by atoms with van der Waals surface area (Å²) in [5, 5.41) is 11.0. The molecule has 0 aromatic heterocycles. The number of hydrogen-bond acceptors (Lipinski definition) is 4. The molecule has 0 saturated heterocycles. The second kappa shape index (κ2) is 7.32. The first-order valence-electron chi connectivity index (χ1n) is 5.76. The first-order chi connectivity index (χ1) is 8.23. The van der Waals surface area contributed by atoms with E-state index in [-0.39, 0.29) is 12.2 Å². The molecule has 18 heavy (non-hydrogen) atoms. The van der Waals surface area contributed by atoms with Crippen molar-refractivity contribution in [1.29, 1.82) is 0 Å². The van der Waals surface area contributed by atoms with Crippen molar-refractivity contribution in [3.8, 4) is 0 Å². The van der Waals surface area contributed by atoms with Crippen molar-refractivity contribution < 1.29 is 23.1 Å². The molecular formula is C10H20N2O5S. The van der Waals surface area contributed by atoms with Crippen LogP contribution in [0, 0.1) is 0 Å². The van der Waals surface area contributed by atoms with E-state index in [1.54, 1.807) is 13.8 Å². The molecule has 0 aromatic carbocycles. The van der Waals surface area contributed by atoms with E-state index < -0.39 is 34.0 Å². The molecular weight excluding hydrogens is 260 g/mol. The van der Waals surface area contributed by atoms with Gasteiger partial charge in [0.25, 0.3) is 0 Å². The Labute approximate surface area is 107 Å². The Morgan fingerprint density at radius 2 is 1.83 bits per heavy atom. The minimum absolute atomic E-state index is 0.0687. The van der Waals surface area contributed by atoms with Crippen LogP contribution in [-0.4, -0.2) is 43.2 Å². The van der Waals surface area contributed by atoms with E-state index in [2.05, 4.69) is 10.0 Å². The third-order valence-corrected chi connectivity index (χ3v) is 3.90. The summed E-state index contributed by atoms with van der Waals surface area (Å²) < 4.78 is 25.0. The summed E-state index contributed by atoms with van der Waals surface area (Å²) in [5.74, 6) is -1.86. The maximum atomic E-state index is 11.6. The fourth-order valence-corrected chi connectivity index (χ4v) is 2.59. The monoisotopic (exact) mass is 280 g/mol. The highest BCUT2D eigenvalue weighted by Crippen LogP contribution is 1.96. The van der Waals surface area contributed by atoms with Crippen molar-refractivity contribution in [3.05, 3.63) is 0 Å². The fourth-order valence-electron chi connectivity index (χ4n) is 1.29. The SMILES string of the molecule is CCCS(=O)(=O)NC(C)C(=O)NC(CC)C(=O)O. The van der Waals surface area contributed by atoms with Crippen molar-refractivity contribution in [2.75, 3.05) is 5.75 Å². The molecule has 7 nitrogen and oxygen atoms in total. The Bertz CT molecular complexity index is 393. The summed E-state index contributed by atoms with van der Waals surface area (Å²) in [7, 11) is -3.50. The molecule has 0 heterocycles. The summed E-state index contributed by atoms with van der Waals surface area (Å²) in [6.07, 6.45) is 0.673. The molecule has 1 amide bonds. The zero-order chi connectivity index (χ0) is 14.3. The second-order valence-electron chi connectivity index (χ2n) is 3.97. The second-order valence-corrected chi connectivity index (χ2v) is 5.84. The van der Waals surface area contributed by atoms with Crippen LogP contribution in [0.4, 0.5) is 0 Å². The van der Waals surface area contributed by atoms with Gasteiger partial charge in [-0.2, -0.15) is 0 Å². The van der Waals surface area contributed by atoms with Crippen LogP contribution in [0.25, 0.3) is 0 Å². The minimum atomic E-state index is -3.50. The van der Waals surface area contributed by atoms with Gasteiger partial charge >= 0.3 is 5.97 Å². The van der Waals surface area contributed by atoms with Gasteiger partial charge in [0, 0.05) is 0 Å². The summed E-state index contributed by atoms with van der Waals surface area (Å²) in [5.41, 5.74) is 0. The quantitative estimate of drug-likeness (QED) is 0.564. The van der Waals surface area contributed by atoms with Crippen LogP contribution in [0.5, 0.6) is 0 Å². The van der Waals surface area contributed by atoms with Crippen molar-refractivity contribution in [3.63, 3.8) is 0 Å². The van der Waals surface area contributed by atoms with Gasteiger partial charge in [-0.15, -0.1) is 0 Å². The molecule has 0 fully saturated rings. The van der Waals surface area contributed by atoms with E-state index in [9.17, 15) is 18.0 Å². The van der Waals surface area contributed by atoms with Crippen LogP contribution in [0.2, 0.25) is 0 Å². The number of rotatable bonds is 8. The highest BCUT2D eigenvalue weighted by atomic mass is 32.2. The average Bonchev–Trinajstić information content (AvgIpc) is 2.23. The number of carboxylic acid groups (broad SMARTS) is 1. The molecule has 0 aliphatic carbocycles. The number of sulfonamides is 1. The molecule has 0 radical (unpaired) electrons. The topological polar surface area (TPSA) is 113 Å². The predicted octanol–water partition coefficient (Wildman–Crippen LogP) is -0.316. The molecule has 106 valence electrons. The van der Waals surface area contributed by atoms with Gasteiger partial charge in [0.05, 0.1) is 11.8 Å². The molecule has 0 saturated carbocycles. The summed E-state index contributed by atoms with van der Waals surface area (Å²) in [6, 6.07) is -1.99. The highest BCUT2D eigenvalue weighted by Gasteiger charge is 2.24. The van der Waals surface area contributed by atoms with Crippen molar-refractivity contribution in [2.45, 2.75) is 45.7 Å². The Morgan fingerprint density at radius 3 is 2.22 bits per heavy atom. The van der Waals surface area contributed by atoms with Gasteiger partial charge in [-0.1, -0.05) is 13.8 Å². The Kier molecular flexibility index (Phi) is 6.85. The van der Waals surface area contributed by atoms with E-state index >= 15 is 0 Å². The third-order valence-electron chi connectivity index (χ3n) is 2.25. The Morgan fingerprint density at radius 1 is 1.28 bits per heavy atom. The van der Waals surface area contributed by atoms with Gasteiger partial charge < -0.3 is 10.4 Å². The van der Waals surface area contributed by atoms with E-state index in [0.29, 0.717) is 6.42 Å². The molecule has 8 heteroatoms. The van der Waals surface area contributed by atoms with Crippen LogP contribution in [0.1, 0.15) is 33.6 Å². The molecule has 3 N–H and O–H groups in total. The van der Waals surface area contributed by atoms with E-state index in [0.717, 1.165) is 0 Å². The Balaban J connectivity index is 4.48. The van der Waals surface area contributed by atoms with Crippen LogP contribution >= 0.6 is 0 Å². The third kappa shape index (κ3) is 5.97. The molecule has 2 atom stereocenters. The number of carbonyl (C=O) groups excluding carboxylic acids is 1. The summed E-state index contributed by atoms with van der Waals surface area (Å²) in [6.45, 7) is 4.70. The lowest BCUT2D eigenvalue weighted by molar-refractivity contribution is -0.142. The molecule has 0 aliphatic heterocycles. The van der Waals surface area contributed by atoms with Gasteiger partial charge in [-0.25, -0.2) is 17.9 Å². The van der Waals surface area contributed by atoms with Crippen molar-refractivity contribution >= 4 is 21.9 Å².